The van der Waals surface area contributed by atoms with Crippen molar-refractivity contribution >= 4 is 43.3 Å². The minimum Gasteiger partial charge on any atom is -0.490 e. The quantitative estimate of drug-likeness (QED) is 0.171. The van der Waals surface area contributed by atoms with Gasteiger partial charge in [-0.05, 0) is 135 Å². The Bertz CT molecular complexity index is 1720. The van der Waals surface area contributed by atoms with E-state index in [4.69, 9.17) is 20.8 Å². The molecule has 7 nitrogen and oxygen atoms in total. The van der Waals surface area contributed by atoms with Gasteiger partial charge in [0.15, 0.2) is 13.5 Å². The lowest BCUT2D eigenvalue weighted by molar-refractivity contribution is -0.0225. The van der Waals surface area contributed by atoms with Crippen LogP contribution in [-0.2, 0) is 16.3 Å². The monoisotopic (exact) mass is 747 g/mol. The van der Waals surface area contributed by atoms with Crippen molar-refractivity contribution in [3.63, 3.8) is 0 Å². The second kappa shape index (κ2) is 14.7. The molecular weight excluding hydrogens is 694 g/mol. The van der Waals surface area contributed by atoms with E-state index in [1.807, 2.05) is 48.4 Å². The van der Waals surface area contributed by atoms with E-state index in [9.17, 15) is 9.90 Å². The molecule has 1 aromatic heterocycles. The molecule has 0 bridgehead atoms. The van der Waals surface area contributed by atoms with Gasteiger partial charge in [-0.1, -0.05) is 56.6 Å². The van der Waals surface area contributed by atoms with Gasteiger partial charge in [0.25, 0.3) is 0 Å². The van der Waals surface area contributed by atoms with E-state index >= 15 is 0 Å². The van der Waals surface area contributed by atoms with E-state index in [1.54, 1.807) is 6.07 Å². The molecule has 274 valence electrons. The molecule has 3 aromatic rings. The van der Waals surface area contributed by atoms with E-state index in [1.165, 1.54) is 36.8 Å². The molecule has 6 atom stereocenters. The van der Waals surface area contributed by atoms with Crippen LogP contribution in [0.2, 0.25) is 23.2 Å². The highest BCUT2D eigenvalue weighted by molar-refractivity contribution is 7.99. The van der Waals surface area contributed by atoms with Crippen molar-refractivity contribution in [2.45, 2.75) is 119 Å². The molecule has 1 aliphatic heterocycles. The molecule has 4 aliphatic rings. The van der Waals surface area contributed by atoms with Crippen LogP contribution in [-0.4, -0.2) is 60.4 Å². The third kappa shape index (κ3) is 7.74. The number of aromatic carboxylic acids is 1. The van der Waals surface area contributed by atoms with Gasteiger partial charge in [-0.25, -0.2) is 14.8 Å². The van der Waals surface area contributed by atoms with Gasteiger partial charge in [0.05, 0.1) is 24.0 Å². The average Bonchev–Trinajstić information content (AvgIpc) is 3.23. The maximum atomic E-state index is 12.2. The summed E-state index contributed by atoms with van der Waals surface area (Å²) in [5.41, 5.74) is 3.63. The van der Waals surface area contributed by atoms with Crippen LogP contribution in [0.3, 0.4) is 0 Å². The summed E-state index contributed by atoms with van der Waals surface area (Å²) in [6.45, 7) is 14.1. The van der Waals surface area contributed by atoms with Gasteiger partial charge in [0.1, 0.15) is 5.75 Å². The Balaban J connectivity index is 1.20. The van der Waals surface area contributed by atoms with Gasteiger partial charge < -0.3 is 19.2 Å². The van der Waals surface area contributed by atoms with Gasteiger partial charge in [0, 0.05) is 41.2 Å². The number of thioether (sulfide) groups is 1. The molecule has 2 fully saturated rings. The van der Waals surface area contributed by atoms with Crippen LogP contribution in [0, 0.1) is 17.8 Å². The zero-order chi connectivity index (χ0) is 36.0. The number of anilines is 1. The Hall–Kier alpha value is -2.59. The number of carbonyl (C=O) groups is 1. The first-order chi connectivity index (χ1) is 24.3. The number of rotatable bonds is 9. The molecule has 2 aromatic carbocycles. The number of carboxylic acid groups (broad SMARTS) is 1. The second-order valence-electron chi connectivity index (χ2n) is 17.1. The first-order valence-electron chi connectivity index (χ1n) is 19.0. The molecule has 51 heavy (non-hydrogen) atoms. The summed E-state index contributed by atoms with van der Waals surface area (Å²) in [5, 5.41) is 12.3. The summed E-state index contributed by atoms with van der Waals surface area (Å²) in [7, 11) is -2.08. The zero-order valence-electron chi connectivity index (χ0n) is 30.9. The summed E-state index contributed by atoms with van der Waals surface area (Å²) in [6.07, 6.45) is 14.0. The molecule has 1 spiro atoms. The van der Waals surface area contributed by atoms with E-state index in [-0.39, 0.29) is 16.6 Å². The molecule has 1 N–H and O–H groups in total. The lowest BCUT2D eigenvalue weighted by atomic mass is 9.65. The van der Waals surface area contributed by atoms with Gasteiger partial charge in [0.2, 0.25) is 0 Å². The Labute approximate surface area is 314 Å². The molecule has 0 amide bonds. The first-order valence-corrected chi connectivity index (χ1v) is 23.1. The topological polar surface area (TPSA) is 84.8 Å². The number of fused-ring (bicyclic) bond motifs is 3. The highest BCUT2D eigenvalue weighted by Gasteiger charge is 2.49. The number of nitrogens with zero attached hydrogens (tertiary/aromatic N) is 3. The van der Waals surface area contributed by atoms with E-state index in [0.717, 1.165) is 66.8 Å². The van der Waals surface area contributed by atoms with E-state index < -0.39 is 14.3 Å². The number of halogens is 1. The molecule has 2 heterocycles. The second-order valence-corrected chi connectivity index (χ2v) is 23.6. The van der Waals surface area contributed by atoms with Crippen LogP contribution in [0.5, 0.6) is 5.75 Å². The standard InChI is InChI=1S/C41H54ClN3O4SSi/c1-40(2,3)51(4,5)49-37(28-9-6-11-32(22-28)50-39-43-19-8-20-44-39)33-15-12-30(33)24-45-25-41(18-7-10-27-21-31(42)14-16-34(27)41)26-48-36-17-13-29(38(46)47)23-35(36)45/h8,13-14,16-17,19-21,23,28,30,32-33,37H,6-7,9-12,15,18,22,24-26H2,1-5H3,(H,46,47)/t28-,30+,32-,33-,37?,41?/m1/s1. The molecule has 0 saturated heterocycles. The summed E-state index contributed by atoms with van der Waals surface area (Å²) in [5.74, 6) is 1.24. The lowest BCUT2D eigenvalue weighted by Gasteiger charge is -2.52. The number of ether oxygens (including phenoxy) is 1. The van der Waals surface area contributed by atoms with Gasteiger partial charge >= 0.3 is 5.97 Å². The summed E-state index contributed by atoms with van der Waals surface area (Å²) >= 11 is 8.34. The minimum atomic E-state index is -2.08. The first kappa shape index (κ1) is 36.8. The average molecular weight is 749 g/mol. The predicted octanol–water partition coefficient (Wildman–Crippen LogP) is 10.1. The number of benzene rings is 2. The third-order valence-electron chi connectivity index (χ3n) is 12.8. The molecule has 2 unspecified atom stereocenters. The highest BCUT2D eigenvalue weighted by Crippen LogP contribution is 2.51. The van der Waals surface area contributed by atoms with E-state index in [2.05, 4.69) is 60.9 Å². The summed E-state index contributed by atoms with van der Waals surface area (Å²) in [4.78, 5) is 23.8. The summed E-state index contributed by atoms with van der Waals surface area (Å²) < 4.78 is 14.2. The maximum absolute atomic E-state index is 12.2. The number of hydrogen-bond donors (Lipinski definition) is 1. The Morgan fingerprint density at radius 2 is 1.92 bits per heavy atom. The number of aryl methyl sites for hydroxylation is 1. The third-order valence-corrected chi connectivity index (χ3v) is 18.7. The normalized spacial score (nSPS) is 27.1. The molecular formula is C41H54ClN3O4SSi. The van der Waals surface area contributed by atoms with Crippen molar-refractivity contribution < 1.29 is 19.1 Å². The largest absolute Gasteiger partial charge is 0.490 e. The highest BCUT2D eigenvalue weighted by atomic mass is 35.5. The van der Waals surface area contributed by atoms with Gasteiger partial charge in [-0.15, -0.1) is 0 Å². The van der Waals surface area contributed by atoms with Crippen LogP contribution >= 0.6 is 23.4 Å². The van der Waals surface area contributed by atoms with Crippen molar-refractivity contribution in [1.82, 2.24) is 9.97 Å². The number of hydrogen-bond acceptors (Lipinski definition) is 7. The molecule has 10 heteroatoms. The van der Waals surface area contributed by atoms with Gasteiger partial charge in [-0.3, -0.25) is 0 Å². The fourth-order valence-electron chi connectivity index (χ4n) is 8.92. The van der Waals surface area contributed by atoms with Crippen molar-refractivity contribution in [3.05, 3.63) is 76.6 Å². The predicted molar refractivity (Wildman–Crippen MR) is 209 cm³/mol. The van der Waals surface area contributed by atoms with Crippen LogP contribution in [0.4, 0.5) is 5.69 Å². The van der Waals surface area contributed by atoms with Crippen molar-refractivity contribution in [2.24, 2.45) is 17.8 Å². The Kier molecular flexibility index (Phi) is 10.6. The number of aromatic nitrogens is 2. The smallest absolute Gasteiger partial charge is 0.335 e. The SMILES string of the molecule is CC(C)(C)[Si](C)(C)OC([C@@H]1CCC[C@@H](Sc2ncccn2)C1)[C@@H]1CC[C@H]1CN1CC2(CCCc3cc(Cl)ccc32)COc2ccc(C(=O)O)cc21. The van der Waals surface area contributed by atoms with Crippen LogP contribution in [0.1, 0.15) is 93.6 Å². The van der Waals surface area contributed by atoms with Crippen molar-refractivity contribution in [2.75, 3.05) is 24.6 Å². The molecule has 2 saturated carbocycles. The van der Waals surface area contributed by atoms with Crippen LogP contribution in [0.15, 0.2) is 60.0 Å². The van der Waals surface area contributed by atoms with E-state index in [0.29, 0.717) is 35.2 Å². The maximum Gasteiger partial charge on any atom is 0.335 e. The Morgan fingerprint density at radius 1 is 1.12 bits per heavy atom. The van der Waals surface area contributed by atoms with Crippen LogP contribution < -0.4 is 9.64 Å². The van der Waals surface area contributed by atoms with Crippen molar-refractivity contribution in [3.8, 4) is 5.75 Å². The fraction of sp³-hybridized carbons (Fsp3) is 0.585. The zero-order valence-corrected chi connectivity index (χ0v) is 33.4. The van der Waals surface area contributed by atoms with Crippen molar-refractivity contribution in [1.29, 1.82) is 0 Å². The Morgan fingerprint density at radius 3 is 2.65 bits per heavy atom. The molecule has 7 rings (SSSR count). The lowest BCUT2D eigenvalue weighted by Crippen LogP contribution is -2.54. The molecule has 0 radical (unpaired) electrons. The fourth-order valence-corrected chi connectivity index (χ4v) is 11.7. The van der Waals surface area contributed by atoms with Crippen LogP contribution in [0.25, 0.3) is 0 Å². The molecule has 3 aliphatic carbocycles. The number of carboxylic acids is 1. The van der Waals surface area contributed by atoms with Gasteiger partial charge in [-0.2, -0.15) is 0 Å². The summed E-state index contributed by atoms with van der Waals surface area (Å²) in [6, 6.07) is 13.6. The minimum absolute atomic E-state index is 0.114.